The largest absolute Gasteiger partial charge is 0.354 e. The smallest absolute Gasteiger partial charge is 0.346 e. The Hall–Kier alpha value is -2.44. The molecule has 1 aromatic heterocycles. The molecule has 6 nitrogen and oxygen atoms in total. The van der Waals surface area contributed by atoms with Crippen molar-refractivity contribution in [3.63, 3.8) is 0 Å². The van der Waals surface area contributed by atoms with Gasteiger partial charge in [-0.25, -0.2) is 13.9 Å². The third-order valence-corrected chi connectivity index (χ3v) is 4.22. The second-order valence-electron chi connectivity index (χ2n) is 8.02. The lowest BCUT2D eigenvalue weighted by molar-refractivity contribution is -0.122. The number of hydrogen-bond acceptors (Lipinski definition) is 3. The third-order valence-electron chi connectivity index (χ3n) is 4.22. The Morgan fingerprint density at radius 1 is 1.27 bits per heavy atom. The molecule has 1 aromatic carbocycles. The normalized spacial score (nSPS) is 14.5. The molecule has 1 fully saturated rings. The first-order valence-corrected chi connectivity index (χ1v) is 8.96. The predicted molar refractivity (Wildman–Crippen MR) is 97.2 cm³/mol. The number of nitrogens with zero attached hydrogens (tertiary/aromatic N) is 3. The summed E-state index contributed by atoms with van der Waals surface area (Å²) in [5.74, 6) is 0.194. The van der Waals surface area contributed by atoms with Crippen LogP contribution in [0.15, 0.2) is 29.1 Å². The standard InChI is InChI=1S/C19H25FN4O2/c1-19(2,3)12-16(25)21-10-11-23-18(26)24(15-8-9-15)17(22-23)13-4-6-14(20)7-5-13/h4-7,15H,8-12H2,1-3H3,(H,21,25). The van der Waals surface area contributed by atoms with E-state index >= 15 is 0 Å². The lowest BCUT2D eigenvalue weighted by Crippen LogP contribution is -2.33. The second kappa shape index (κ2) is 7.05. The van der Waals surface area contributed by atoms with Crippen molar-refractivity contribution >= 4 is 5.91 Å². The number of benzene rings is 1. The van der Waals surface area contributed by atoms with Gasteiger partial charge in [0, 0.05) is 24.6 Å². The van der Waals surface area contributed by atoms with Gasteiger partial charge in [0.25, 0.3) is 0 Å². The van der Waals surface area contributed by atoms with Crippen LogP contribution in [-0.2, 0) is 11.3 Å². The molecular formula is C19H25FN4O2. The van der Waals surface area contributed by atoms with E-state index in [0.717, 1.165) is 12.8 Å². The molecule has 26 heavy (non-hydrogen) atoms. The Morgan fingerprint density at radius 2 is 1.92 bits per heavy atom. The van der Waals surface area contributed by atoms with Crippen LogP contribution in [0.25, 0.3) is 11.4 Å². The van der Waals surface area contributed by atoms with E-state index in [1.807, 2.05) is 20.8 Å². The minimum absolute atomic E-state index is 0.0362. The molecule has 0 atom stereocenters. The van der Waals surface area contributed by atoms with E-state index < -0.39 is 0 Å². The van der Waals surface area contributed by atoms with Gasteiger partial charge in [0.1, 0.15) is 5.82 Å². The molecule has 0 unspecified atom stereocenters. The van der Waals surface area contributed by atoms with E-state index in [4.69, 9.17) is 0 Å². The Balaban J connectivity index is 1.74. The fourth-order valence-corrected chi connectivity index (χ4v) is 2.87. The SMILES string of the molecule is CC(C)(C)CC(=O)NCCn1nc(-c2ccc(F)cc2)n(C2CC2)c1=O. The molecule has 2 aromatic rings. The van der Waals surface area contributed by atoms with Gasteiger partial charge in [0.15, 0.2) is 5.82 Å². The highest BCUT2D eigenvalue weighted by Gasteiger charge is 2.30. The predicted octanol–water partition coefficient (Wildman–Crippen LogP) is 2.74. The third kappa shape index (κ3) is 4.39. The highest BCUT2D eigenvalue weighted by atomic mass is 19.1. The first-order chi connectivity index (χ1) is 12.2. The number of carbonyl (C=O) groups excluding carboxylic acids is 1. The summed E-state index contributed by atoms with van der Waals surface area (Å²) in [6.07, 6.45) is 2.32. The van der Waals surface area contributed by atoms with E-state index in [1.54, 1.807) is 16.7 Å². The zero-order chi connectivity index (χ0) is 18.9. The molecule has 1 saturated carbocycles. The van der Waals surface area contributed by atoms with Crippen LogP contribution < -0.4 is 11.0 Å². The van der Waals surface area contributed by atoms with E-state index in [9.17, 15) is 14.0 Å². The van der Waals surface area contributed by atoms with Crippen molar-refractivity contribution in [2.45, 2.75) is 52.6 Å². The summed E-state index contributed by atoms with van der Waals surface area (Å²) < 4.78 is 16.3. The minimum atomic E-state index is -0.324. The van der Waals surface area contributed by atoms with Crippen molar-refractivity contribution in [3.8, 4) is 11.4 Å². The van der Waals surface area contributed by atoms with E-state index in [0.29, 0.717) is 30.9 Å². The molecule has 3 rings (SSSR count). The van der Waals surface area contributed by atoms with Crippen molar-refractivity contribution in [2.24, 2.45) is 5.41 Å². The molecule has 140 valence electrons. The van der Waals surface area contributed by atoms with Crippen LogP contribution >= 0.6 is 0 Å². The molecule has 1 N–H and O–H groups in total. The van der Waals surface area contributed by atoms with Gasteiger partial charge in [0.05, 0.1) is 6.54 Å². The monoisotopic (exact) mass is 360 g/mol. The minimum Gasteiger partial charge on any atom is -0.354 e. The molecule has 0 bridgehead atoms. The van der Waals surface area contributed by atoms with Crippen LogP contribution in [0, 0.1) is 11.2 Å². The van der Waals surface area contributed by atoms with Crippen LogP contribution in [0.5, 0.6) is 0 Å². The van der Waals surface area contributed by atoms with E-state index in [2.05, 4.69) is 10.4 Å². The first-order valence-electron chi connectivity index (χ1n) is 8.96. The number of rotatable bonds is 6. The Morgan fingerprint density at radius 3 is 2.50 bits per heavy atom. The van der Waals surface area contributed by atoms with Crippen molar-refractivity contribution in [3.05, 3.63) is 40.6 Å². The molecule has 1 aliphatic rings. The molecule has 0 aliphatic heterocycles. The van der Waals surface area contributed by atoms with Gasteiger partial charge in [-0.1, -0.05) is 20.8 Å². The number of halogens is 1. The number of hydrogen-bond donors (Lipinski definition) is 1. The average molecular weight is 360 g/mol. The maximum absolute atomic E-state index is 13.2. The molecule has 0 spiro atoms. The van der Waals surface area contributed by atoms with Gasteiger partial charge in [-0.3, -0.25) is 9.36 Å². The topological polar surface area (TPSA) is 68.9 Å². The molecule has 1 aliphatic carbocycles. The van der Waals surface area contributed by atoms with Crippen LogP contribution in [0.1, 0.15) is 46.1 Å². The summed E-state index contributed by atoms with van der Waals surface area (Å²) in [7, 11) is 0. The van der Waals surface area contributed by atoms with Crippen molar-refractivity contribution in [1.29, 1.82) is 0 Å². The maximum Gasteiger partial charge on any atom is 0.346 e. The van der Waals surface area contributed by atoms with Crippen LogP contribution in [-0.4, -0.2) is 26.8 Å². The Kier molecular flexibility index (Phi) is 4.98. The van der Waals surface area contributed by atoms with E-state index in [1.165, 1.54) is 16.8 Å². The lowest BCUT2D eigenvalue weighted by Gasteiger charge is -2.17. The molecule has 0 saturated heterocycles. The van der Waals surface area contributed by atoms with Crippen molar-refractivity contribution < 1.29 is 9.18 Å². The molecule has 0 radical (unpaired) electrons. The fraction of sp³-hybridized carbons (Fsp3) is 0.526. The second-order valence-corrected chi connectivity index (χ2v) is 8.02. The molecular weight excluding hydrogens is 335 g/mol. The Bertz CT molecular complexity index is 842. The Labute approximate surface area is 152 Å². The maximum atomic E-state index is 13.2. The number of carbonyl (C=O) groups is 1. The summed E-state index contributed by atoms with van der Waals surface area (Å²) in [6.45, 7) is 6.66. The lowest BCUT2D eigenvalue weighted by atomic mass is 9.92. The first kappa shape index (κ1) is 18.4. The highest BCUT2D eigenvalue weighted by molar-refractivity contribution is 5.76. The summed E-state index contributed by atoms with van der Waals surface area (Å²) >= 11 is 0. The average Bonchev–Trinajstić information content (AvgIpc) is 3.32. The zero-order valence-corrected chi connectivity index (χ0v) is 15.5. The fourth-order valence-electron chi connectivity index (χ4n) is 2.87. The molecule has 1 amide bonds. The molecule has 1 heterocycles. The van der Waals surface area contributed by atoms with Crippen LogP contribution in [0.4, 0.5) is 4.39 Å². The summed E-state index contributed by atoms with van der Waals surface area (Å²) in [4.78, 5) is 24.6. The summed E-state index contributed by atoms with van der Waals surface area (Å²) in [5.41, 5.74) is 0.451. The van der Waals surface area contributed by atoms with Gasteiger partial charge in [-0.15, -0.1) is 5.10 Å². The van der Waals surface area contributed by atoms with Gasteiger partial charge < -0.3 is 5.32 Å². The molecule has 7 heteroatoms. The number of amides is 1. The van der Waals surface area contributed by atoms with Crippen molar-refractivity contribution in [2.75, 3.05) is 6.54 Å². The van der Waals surface area contributed by atoms with Crippen LogP contribution in [0.3, 0.4) is 0 Å². The van der Waals surface area contributed by atoms with Gasteiger partial charge >= 0.3 is 5.69 Å². The van der Waals surface area contributed by atoms with Crippen LogP contribution in [0.2, 0.25) is 0 Å². The number of nitrogens with one attached hydrogen (secondary N) is 1. The van der Waals surface area contributed by atoms with Crippen molar-refractivity contribution in [1.82, 2.24) is 19.7 Å². The van der Waals surface area contributed by atoms with Gasteiger partial charge in [0.2, 0.25) is 5.91 Å². The summed E-state index contributed by atoms with van der Waals surface area (Å²) in [5, 5.41) is 7.27. The van der Waals surface area contributed by atoms with Gasteiger partial charge in [-0.2, -0.15) is 0 Å². The van der Waals surface area contributed by atoms with Gasteiger partial charge in [-0.05, 0) is 42.5 Å². The quantitative estimate of drug-likeness (QED) is 0.861. The number of aromatic nitrogens is 3. The highest BCUT2D eigenvalue weighted by Crippen LogP contribution is 2.36. The summed E-state index contributed by atoms with van der Waals surface area (Å²) in [6, 6.07) is 6.15. The zero-order valence-electron chi connectivity index (χ0n) is 15.5. The van der Waals surface area contributed by atoms with E-state index in [-0.39, 0.29) is 28.9 Å².